The normalized spacial score (nSPS) is 15.4. The number of carbonyl (C=O) groups is 1. The van der Waals surface area contributed by atoms with Crippen LogP contribution in [0.1, 0.15) is 37.7 Å². The van der Waals surface area contributed by atoms with Crippen LogP contribution in [-0.4, -0.2) is 31.2 Å². The lowest BCUT2D eigenvalue weighted by atomic mass is 9.95. The Labute approximate surface area is 185 Å². The van der Waals surface area contributed by atoms with Gasteiger partial charge in [-0.25, -0.2) is 8.42 Å². The van der Waals surface area contributed by atoms with Crippen LogP contribution in [0.2, 0.25) is 5.02 Å². The van der Waals surface area contributed by atoms with Crippen LogP contribution >= 0.6 is 27.5 Å². The Bertz CT molecular complexity index is 974. The monoisotopic (exact) mass is 498 g/mol. The molecule has 2 aromatic carbocycles. The lowest BCUT2D eigenvalue weighted by molar-refractivity contribution is -0.116. The van der Waals surface area contributed by atoms with Crippen LogP contribution in [0.15, 0.2) is 51.8 Å². The fourth-order valence-electron chi connectivity index (χ4n) is 3.60. The summed E-state index contributed by atoms with van der Waals surface area (Å²) in [5.74, 6) is -0.373. The molecule has 29 heavy (non-hydrogen) atoms. The lowest BCUT2D eigenvalue weighted by Gasteiger charge is -2.33. The predicted octanol–water partition coefficient (Wildman–Crippen LogP) is 5.37. The van der Waals surface area contributed by atoms with E-state index in [-0.39, 0.29) is 23.4 Å². The highest BCUT2D eigenvalue weighted by atomic mass is 79.9. The molecule has 2 aromatic rings. The Morgan fingerprint density at radius 3 is 2.45 bits per heavy atom. The Balaban J connectivity index is 1.86. The number of hydrogen-bond acceptors (Lipinski definition) is 3. The second-order valence-corrected chi connectivity index (χ2v) is 10.5. The molecule has 0 bridgehead atoms. The Hall–Kier alpha value is -1.41. The quantitative estimate of drug-likeness (QED) is 0.581. The molecule has 156 valence electrons. The number of halogens is 2. The fraction of sp³-hybridized carbons (Fsp3) is 0.381. The van der Waals surface area contributed by atoms with Gasteiger partial charge in [0.1, 0.15) is 0 Å². The summed E-state index contributed by atoms with van der Waals surface area (Å²) < 4.78 is 28.9. The number of rotatable bonds is 6. The smallest absolute Gasteiger partial charge is 0.243 e. The number of amides is 1. The van der Waals surface area contributed by atoms with Crippen LogP contribution in [0.3, 0.4) is 0 Å². The van der Waals surface area contributed by atoms with Crippen LogP contribution in [0.4, 0.5) is 5.69 Å². The van der Waals surface area contributed by atoms with Gasteiger partial charge in [0.2, 0.25) is 15.9 Å². The highest BCUT2D eigenvalue weighted by Gasteiger charge is 2.34. The van der Waals surface area contributed by atoms with Gasteiger partial charge in [-0.15, -0.1) is 0 Å². The van der Waals surface area contributed by atoms with Gasteiger partial charge in [0, 0.05) is 21.2 Å². The van der Waals surface area contributed by atoms with E-state index in [1.807, 2.05) is 6.92 Å². The molecule has 0 aromatic heterocycles. The minimum absolute atomic E-state index is 0.177. The molecule has 0 atom stereocenters. The van der Waals surface area contributed by atoms with Crippen molar-refractivity contribution >= 4 is 49.1 Å². The second-order valence-electron chi connectivity index (χ2n) is 7.26. The van der Waals surface area contributed by atoms with E-state index in [1.165, 1.54) is 4.31 Å². The van der Waals surface area contributed by atoms with Crippen LogP contribution in [0.5, 0.6) is 0 Å². The van der Waals surface area contributed by atoms with E-state index in [2.05, 4.69) is 21.2 Å². The number of nitrogens with zero attached hydrogens (tertiary/aromatic N) is 1. The number of carbonyl (C=O) groups excluding carboxylic acids is 1. The van der Waals surface area contributed by atoms with Gasteiger partial charge >= 0.3 is 0 Å². The van der Waals surface area contributed by atoms with Crippen molar-refractivity contribution in [1.29, 1.82) is 0 Å². The Morgan fingerprint density at radius 1 is 1.14 bits per heavy atom. The second kappa shape index (κ2) is 9.60. The zero-order chi connectivity index (χ0) is 21.0. The summed E-state index contributed by atoms with van der Waals surface area (Å²) in [7, 11) is -3.80. The molecular formula is C21H24BrClN2O3S. The maximum Gasteiger partial charge on any atom is 0.243 e. The summed E-state index contributed by atoms with van der Waals surface area (Å²) in [4.78, 5) is 13.0. The third-order valence-electron chi connectivity index (χ3n) is 5.24. The van der Waals surface area contributed by atoms with Gasteiger partial charge in [0.15, 0.2) is 0 Å². The van der Waals surface area contributed by atoms with Crippen LogP contribution < -0.4 is 5.32 Å². The molecule has 0 aliphatic heterocycles. The van der Waals surface area contributed by atoms with Crippen molar-refractivity contribution in [1.82, 2.24) is 4.31 Å². The average molecular weight is 500 g/mol. The molecule has 1 amide bonds. The fourth-order valence-corrected chi connectivity index (χ4v) is 5.68. The molecule has 0 radical (unpaired) electrons. The van der Waals surface area contributed by atoms with Crippen molar-refractivity contribution in [3.8, 4) is 0 Å². The first-order valence-corrected chi connectivity index (χ1v) is 12.2. The standard InChI is InChI=1S/C21H24BrClN2O3S/c1-15-19(23)8-5-9-20(15)24-21(26)14-25(17-6-3-2-4-7-17)29(27,28)18-12-10-16(22)11-13-18/h5,8-13,17H,2-4,6-7,14H2,1H3,(H,24,26). The predicted molar refractivity (Wildman–Crippen MR) is 120 cm³/mol. The molecule has 1 aliphatic rings. The van der Waals surface area contributed by atoms with E-state index in [1.54, 1.807) is 42.5 Å². The topological polar surface area (TPSA) is 66.5 Å². The van der Waals surface area contributed by atoms with Gasteiger partial charge in [-0.05, 0) is 61.7 Å². The molecule has 1 aliphatic carbocycles. The summed E-state index contributed by atoms with van der Waals surface area (Å²) in [6.45, 7) is 1.59. The highest BCUT2D eigenvalue weighted by molar-refractivity contribution is 9.10. The lowest BCUT2D eigenvalue weighted by Crippen LogP contribution is -2.45. The summed E-state index contributed by atoms with van der Waals surface area (Å²) in [5, 5.41) is 3.37. The zero-order valence-corrected chi connectivity index (χ0v) is 19.4. The molecule has 3 rings (SSSR count). The summed E-state index contributed by atoms with van der Waals surface area (Å²) in [6.07, 6.45) is 4.55. The van der Waals surface area contributed by atoms with Crippen LogP contribution in [0.25, 0.3) is 0 Å². The number of sulfonamides is 1. The number of anilines is 1. The largest absolute Gasteiger partial charge is 0.325 e. The van der Waals surface area contributed by atoms with Crippen LogP contribution in [-0.2, 0) is 14.8 Å². The Kier molecular flexibility index (Phi) is 7.37. The highest BCUT2D eigenvalue weighted by Crippen LogP contribution is 2.29. The van der Waals surface area contributed by atoms with Gasteiger partial charge in [-0.1, -0.05) is 52.9 Å². The Morgan fingerprint density at radius 2 is 1.79 bits per heavy atom. The average Bonchev–Trinajstić information content (AvgIpc) is 2.70. The molecule has 1 N–H and O–H groups in total. The third kappa shape index (κ3) is 5.40. The molecule has 8 heteroatoms. The van der Waals surface area contributed by atoms with Crippen molar-refractivity contribution < 1.29 is 13.2 Å². The van der Waals surface area contributed by atoms with Gasteiger partial charge in [0.25, 0.3) is 0 Å². The van der Waals surface area contributed by atoms with Gasteiger partial charge in [0.05, 0.1) is 11.4 Å². The summed E-state index contributed by atoms with van der Waals surface area (Å²) >= 11 is 9.46. The zero-order valence-electron chi connectivity index (χ0n) is 16.2. The molecule has 0 spiro atoms. The molecule has 0 saturated heterocycles. The number of benzene rings is 2. The van der Waals surface area contributed by atoms with Crippen LogP contribution in [0, 0.1) is 6.92 Å². The van der Waals surface area contributed by atoms with Gasteiger partial charge in [-0.2, -0.15) is 4.31 Å². The summed E-state index contributed by atoms with van der Waals surface area (Å²) in [5.41, 5.74) is 1.34. The van der Waals surface area contributed by atoms with Crippen molar-refractivity contribution in [2.75, 3.05) is 11.9 Å². The van der Waals surface area contributed by atoms with E-state index >= 15 is 0 Å². The van der Waals surface area contributed by atoms with Crippen molar-refractivity contribution in [2.24, 2.45) is 0 Å². The first-order chi connectivity index (χ1) is 13.8. The molecular weight excluding hydrogens is 476 g/mol. The molecule has 5 nitrogen and oxygen atoms in total. The van der Waals surface area contributed by atoms with E-state index in [0.29, 0.717) is 10.7 Å². The maximum absolute atomic E-state index is 13.4. The van der Waals surface area contributed by atoms with E-state index in [9.17, 15) is 13.2 Å². The van der Waals surface area contributed by atoms with Crippen molar-refractivity contribution in [3.05, 3.63) is 57.5 Å². The summed E-state index contributed by atoms with van der Waals surface area (Å²) in [6, 6.07) is 11.6. The number of hydrogen-bond donors (Lipinski definition) is 1. The first kappa shape index (κ1) is 22.3. The molecule has 0 unspecified atom stereocenters. The van der Waals surface area contributed by atoms with E-state index in [0.717, 1.165) is 42.1 Å². The minimum Gasteiger partial charge on any atom is -0.325 e. The van der Waals surface area contributed by atoms with Gasteiger partial charge in [-0.3, -0.25) is 4.79 Å². The van der Waals surface area contributed by atoms with Crippen molar-refractivity contribution in [2.45, 2.75) is 50.0 Å². The molecule has 0 heterocycles. The van der Waals surface area contributed by atoms with Crippen molar-refractivity contribution in [3.63, 3.8) is 0 Å². The number of nitrogens with one attached hydrogen (secondary N) is 1. The maximum atomic E-state index is 13.4. The van der Waals surface area contributed by atoms with E-state index < -0.39 is 10.0 Å². The van der Waals surface area contributed by atoms with Gasteiger partial charge < -0.3 is 5.32 Å². The molecule has 1 fully saturated rings. The van der Waals surface area contributed by atoms with E-state index in [4.69, 9.17) is 11.6 Å². The SMILES string of the molecule is Cc1c(Cl)cccc1NC(=O)CN(C1CCCCC1)S(=O)(=O)c1ccc(Br)cc1. The first-order valence-electron chi connectivity index (χ1n) is 9.61. The third-order valence-corrected chi connectivity index (χ3v) is 8.09. The minimum atomic E-state index is -3.80. The molecule has 1 saturated carbocycles.